The van der Waals surface area contributed by atoms with Crippen LogP contribution in [0.5, 0.6) is 5.75 Å². The Morgan fingerprint density at radius 1 is 1.12 bits per heavy atom. The number of halogens is 3. The van der Waals surface area contributed by atoms with E-state index in [1.54, 1.807) is 18.2 Å². The number of aromatic nitrogens is 1. The summed E-state index contributed by atoms with van der Waals surface area (Å²) in [6.07, 6.45) is -0.929. The maximum absolute atomic E-state index is 13.7. The van der Waals surface area contributed by atoms with Gasteiger partial charge in [-0.3, -0.25) is 4.79 Å². The van der Waals surface area contributed by atoms with Gasteiger partial charge in [-0.1, -0.05) is 26.8 Å². The first kappa shape index (κ1) is 23.4. The fourth-order valence-corrected chi connectivity index (χ4v) is 3.43. The third-order valence-corrected chi connectivity index (χ3v) is 4.76. The maximum Gasteiger partial charge on any atom is 0.419 e. The monoisotopic (exact) mass is 446 g/mol. The molecule has 3 aromatic rings. The zero-order valence-electron chi connectivity index (χ0n) is 18.1. The summed E-state index contributed by atoms with van der Waals surface area (Å²) >= 11 is 0. The molecule has 0 radical (unpaired) electrons. The number of benzene rings is 1. The molecule has 0 saturated carbocycles. The second-order valence-electron chi connectivity index (χ2n) is 8.12. The molecule has 2 aromatic heterocycles. The number of furan rings is 1. The normalized spacial score (nSPS) is 12.6. The Hall–Kier alpha value is -3.29. The molecular weight excluding hydrogens is 421 g/mol. The molecule has 1 amide bonds. The first-order valence-corrected chi connectivity index (χ1v) is 10.3. The van der Waals surface area contributed by atoms with Crippen molar-refractivity contribution in [2.75, 3.05) is 11.9 Å². The number of carbonyl (C=O) groups is 1. The molecule has 0 bridgehead atoms. The molecule has 2 heterocycles. The molecule has 3 rings (SSSR count). The zero-order valence-corrected chi connectivity index (χ0v) is 18.1. The number of hydrogen-bond donors (Lipinski definition) is 1. The van der Waals surface area contributed by atoms with Crippen LogP contribution in [-0.2, 0) is 6.18 Å². The van der Waals surface area contributed by atoms with Gasteiger partial charge in [0.05, 0.1) is 18.4 Å². The highest BCUT2D eigenvalue weighted by atomic mass is 19.4. The van der Waals surface area contributed by atoms with Crippen molar-refractivity contribution in [3.05, 3.63) is 66.2 Å². The van der Waals surface area contributed by atoms with Crippen LogP contribution in [0.4, 0.5) is 19.0 Å². The van der Waals surface area contributed by atoms with Crippen molar-refractivity contribution in [2.45, 2.75) is 33.4 Å². The van der Waals surface area contributed by atoms with E-state index in [9.17, 15) is 18.0 Å². The predicted molar refractivity (Wildman–Crippen MR) is 115 cm³/mol. The quantitative estimate of drug-likeness (QED) is 0.420. The number of nitrogens with zero attached hydrogens (tertiary/aromatic N) is 1. The van der Waals surface area contributed by atoms with E-state index in [2.05, 4.69) is 24.1 Å². The Morgan fingerprint density at radius 2 is 1.88 bits per heavy atom. The number of rotatable bonds is 8. The standard InChI is InChI=1S/C24H25F3N2O3/c1-15(2)11-16(3)14-32-20-7-6-17(12-19(20)24(25,26)27)18-8-9-28-22(13-18)29-23(30)21-5-4-10-31-21/h4-10,12-13,15-16H,11,14H2,1-3H3,(H,28,29,30). The van der Waals surface area contributed by atoms with Crippen LogP contribution >= 0.6 is 0 Å². The Balaban J connectivity index is 1.83. The molecule has 0 spiro atoms. The number of amides is 1. The summed E-state index contributed by atoms with van der Waals surface area (Å²) in [5.41, 5.74) is -0.0412. The van der Waals surface area contributed by atoms with E-state index >= 15 is 0 Å². The van der Waals surface area contributed by atoms with E-state index in [-0.39, 0.29) is 29.9 Å². The van der Waals surface area contributed by atoms with Gasteiger partial charge < -0.3 is 14.5 Å². The SMILES string of the molecule is CC(C)CC(C)COc1ccc(-c2ccnc(NC(=O)c3ccco3)c2)cc1C(F)(F)F. The molecular formula is C24H25F3N2O3. The lowest BCUT2D eigenvalue weighted by atomic mass is 9.99. The predicted octanol–water partition coefficient (Wildman–Crippen LogP) is 6.67. The van der Waals surface area contributed by atoms with Crippen molar-refractivity contribution in [1.29, 1.82) is 0 Å². The fraction of sp³-hybridized carbons (Fsp3) is 0.333. The van der Waals surface area contributed by atoms with Gasteiger partial charge in [-0.05, 0) is 65.8 Å². The Bertz CT molecular complexity index is 1050. The second kappa shape index (κ2) is 9.89. The van der Waals surface area contributed by atoms with Gasteiger partial charge in [0.2, 0.25) is 0 Å². The third kappa shape index (κ3) is 6.12. The van der Waals surface area contributed by atoms with Gasteiger partial charge in [0.15, 0.2) is 5.76 Å². The molecule has 170 valence electrons. The molecule has 1 unspecified atom stereocenters. The molecule has 0 aliphatic carbocycles. The molecule has 5 nitrogen and oxygen atoms in total. The largest absolute Gasteiger partial charge is 0.493 e. The van der Waals surface area contributed by atoms with E-state index < -0.39 is 17.6 Å². The fourth-order valence-electron chi connectivity index (χ4n) is 3.43. The summed E-state index contributed by atoms with van der Waals surface area (Å²) in [5, 5.41) is 2.57. The number of anilines is 1. The lowest BCUT2D eigenvalue weighted by Gasteiger charge is -2.19. The number of carbonyl (C=O) groups excluding carboxylic acids is 1. The summed E-state index contributed by atoms with van der Waals surface area (Å²) in [4.78, 5) is 16.2. The van der Waals surface area contributed by atoms with Crippen LogP contribution in [-0.4, -0.2) is 17.5 Å². The first-order chi connectivity index (χ1) is 15.1. The second-order valence-corrected chi connectivity index (χ2v) is 8.12. The van der Waals surface area contributed by atoms with E-state index in [1.165, 1.54) is 30.7 Å². The van der Waals surface area contributed by atoms with Gasteiger partial charge >= 0.3 is 6.18 Å². The molecule has 1 aromatic carbocycles. The summed E-state index contributed by atoms with van der Waals surface area (Å²) < 4.78 is 51.7. The molecule has 0 saturated heterocycles. The van der Waals surface area contributed by atoms with E-state index in [1.807, 2.05) is 6.92 Å². The highest BCUT2D eigenvalue weighted by Gasteiger charge is 2.35. The number of ether oxygens (including phenoxy) is 1. The molecule has 0 aliphatic rings. The highest BCUT2D eigenvalue weighted by molar-refractivity contribution is 6.01. The summed E-state index contributed by atoms with van der Waals surface area (Å²) in [6, 6.07) is 10.1. The Morgan fingerprint density at radius 3 is 2.53 bits per heavy atom. The molecule has 8 heteroatoms. The van der Waals surface area contributed by atoms with Crippen molar-refractivity contribution in [3.63, 3.8) is 0 Å². The van der Waals surface area contributed by atoms with Crippen molar-refractivity contribution >= 4 is 11.7 Å². The van der Waals surface area contributed by atoms with Crippen molar-refractivity contribution in [1.82, 2.24) is 4.98 Å². The van der Waals surface area contributed by atoms with E-state index in [0.29, 0.717) is 17.0 Å². The van der Waals surface area contributed by atoms with Crippen LogP contribution in [0.25, 0.3) is 11.1 Å². The minimum absolute atomic E-state index is 0.102. The molecule has 1 N–H and O–H groups in total. The van der Waals surface area contributed by atoms with Crippen LogP contribution in [0.3, 0.4) is 0 Å². The molecule has 32 heavy (non-hydrogen) atoms. The molecule has 1 atom stereocenters. The zero-order chi connectivity index (χ0) is 23.3. The number of nitrogens with one attached hydrogen (secondary N) is 1. The summed E-state index contributed by atoms with van der Waals surface area (Å²) in [7, 11) is 0. The Kier molecular flexibility index (Phi) is 7.22. The van der Waals surface area contributed by atoms with Gasteiger partial charge in [-0.25, -0.2) is 4.98 Å². The van der Waals surface area contributed by atoms with Crippen molar-refractivity contribution in [3.8, 4) is 16.9 Å². The first-order valence-electron chi connectivity index (χ1n) is 10.3. The van der Waals surface area contributed by atoms with Crippen LogP contribution in [0, 0.1) is 11.8 Å². The van der Waals surface area contributed by atoms with Crippen LogP contribution in [0.1, 0.15) is 43.3 Å². The lowest BCUT2D eigenvalue weighted by molar-refractivity contribution is -0.139. The maximum atomic E-state index is 13.7. The average molecular weight is 446 g/mol. The smallest absolute Gasteiger partial charge is 0.419 e. The van der Waals surface area contributed by atoms with Gasteiger partial charge in [-0.2, -0.15) is 13.2 Å². The van der Waals surface area contributed by atoms with Crippen molar-refractivity contribution in [2.24, 2.45) is 11.8 Å². The average Bonchev–Trinajstić information content (AvgIpc) is 3.26. The highest BCUT2D eigenvalue weighted by Crippen LogP contribution is 2.39. The summed E-state index contributed by atoms with van der Waals surface area (Å²) in [5.74, 6) is 0.167. The van der Waals surface area contributed by atoms with Gasteiger partial charge in [-0.15, -0.1) is 0 Å². The molecule has 0 aliphatic heterocycles. The minimum atomic E-state index is -4.57. The van der Waals surface area contributed by atoms with Crippen LogP contribution in [0.15, 0.2) is 59.3 Å². The lowest BCUT2D eigenvalue weighted by Crippen LogP contribution is -2.14. The van der Waals surface area contributed by atoms with E-state index in [0.717, 1.165) is 12.5 Å². The third-order valence-electron chi connectivity index (χ3n) is 4.76. The molecule has 0 fully saturated rings. The van der Waals surface area contributed by atoms with Crippen LogP contribution in [0.2, 0.25) is 0 Å². The van der Waals surface area contributed by atoms with Crippen molar-refractivity contribution < 1.29 is 27.1 Å². The number of alkyl halides is 3. The topological polar surface area (TPSA) is 64.4 Å². The van der Waals surface area contributed by atoms with E-state index in [4.69, 9.17) is 9.15 Å². The van der Waals surface area contributed by atoms with Gasteiger partial charge in [0.25, 0.3) is 5.91 Å². The van der Waals surface area contributed by atoms with Gasteiger partial charge in [0, 0.05) is 6.20 Å². The minimum Gasteiger partial charge on any atom is -0.493 e. The van der Waals surface area contributed by atoms with Gasteiger partial charge in [0.1, 0.15) is 11.6 Å². The number of hydrogen-bond acceptors (Lipinski definition) is 4. The summed E-state index contributed by atoms with van der Waals surface area (Å²) in [6.45, 7) is 6.29. The Labute approximate surface area is 184 Å². The van der Waals surface area contributed by atoms with Crippen LogP contribution < -0.4 is 10.1 Å². The number of pyridine rings is 1.